The first-order valence-electron chi connectivity index (χ1n) is 17.4. The summed E-state index contributed by atoms with van der Waals surface area (Å²) < 4.78 is 91.2. The quantitative estimate of drug-likeness (QED) is 0.0815. The molecule has 2 N–H and O–H groups in total. The molecule has 0 aliphatic carbocycles. The Morgan fingerprint density at radius 2 is 1.36 bits per heavy atom. The van der Waals surface area contributed by atoms with E-state index >= 15 is 0 Å². The van der Waals surface area contributed by atoms with Crippen molar-refractivity contribution in [3.63, 3.8) is 0 Å². The number of hydrogen-bond donors (Lipinski definition) is 2. The van der Waals surface area contributed by atoms with Crippen LogP contribution in [-0.2, 0) is 41.1 Å². The second kappa shape index (κ2) is 23.0. The third kappa shape index (κ3) is 16.8. The Morgan fingerprint density at radius 1 is 0.792 bits per heavy atom. The maximum absolute atomic E-state index is 13.7. The van der Waals surface area contributed by atoms with Gasteiger partial charge in [-0.1, -0.05) is 24.3 Å². The number of alkyl halides is 3. The average molecular weight is 755 g/mol. The molecule has 1 amide bonds. The maximum Gasteiger partial charge on any atom is 0.417 e. The van der Waals surface area contributed by atoms with Gasteiger partial charge in [-0.2, -0.15) is 13.2 Å². The van der Waals surface area contributed by atoms with Gasteiger partial charge in [0, 0.05) is 24.2 Å². The maximum atomic E-state index is 13.7. The van der Waals surface area contributed by atoms with E-state index in [4.69, 9.17) is 38.3 Å². The van der Waals surface area contributed by atoms with E-state index in [0.717, 1.165) is 23.3 Å². The average Bonchev–Trinajstić information content (AvgIpc) is 3.12. The molecule has 11 nitrogen and oxygen atoms in total. The van der Waals surface area contributed by atoms with Gasteiger partial charge in [-0.05, 0) is 68.7 Å². The van der Waals surface area contributed by atoms with Crippen LogP contribution in [0.3, 0.4) is 0 Å². The number of halogens is 4. The predicted molar refractivity (Wildman–Crippen MR) is 188 cm³/mol. The molecule has 0 radical (unpaired) electrons. The van der Waals surface area contributed by atoms with Crippen molar-refractivity contribution in [1.29, 1.82) is 0 Å². The van der Waals surface area contributed by atoms with Crippen LogP contribution in [-0.4, -0.2) is 107 Å². The van der Waals surface area contributed by atoms with Gasteiger partial charge in [0.05, 0.1) is 78.2 Å². The summed E-state index contributed by atoms with van der Waals surface area (Å²) in [6.07, 6.45) is -3.44. The molecule has 1 heterocycles. The summed E-state index contributed by atoms with van der Waals surface area (Å²) in [7, 11) is 0. The zero-order valence-corrected chi connectivity index (χ0v) is 30.4. The zero-order valence-electron chi connectivity index (χ0n) is 30.4. The van der Waals surface area contributed by atoms with Crippen molar-refractivity contribution in [2.45, 2.75) is 50.9 Å². The van der Waals surface area contributed by atoms with Crippen LogP contribution in [0, 0.1) is 5.82 Å². The molecule has 0 bridgehead atoms. The molecule has 0 fully saturated rings. The summed E-state index contributed by atoms with van der Waals surface area (Å²) in [6.45, 7) is 9.14. The van der Waals surface area contributed by atoms with Gasteiger partial charge in [-0.15, -0.1) is 0 Å². The van der Waals surface area contributed by atoms with Crippen molar-refractivity contribution in [3.05, 3.63) is 89.4 Å². The van der Waals surface area contributed by atoms with Crippen LogP contribution >= 0.6 is 0 Å². The topological polar surface area (TPSA) is 127 Å². The fourth-order valence-electron chi connectivity index (χ4n) is 4.95. The van der Waals surface area contributed by atoms with Crippen molar-refractivity contribution in [3.8, 4) is 11.6 Å². The second-order valence-electron chi connectivity index (χ2n) is 12.4. The number of nitrogens with one attached hydrogen (secondary N) is 1. The van der Waals surface area contributed by atoms with Crippen molar-refractivity contribution >= 4 is 5.91 Å². The third-order valence-corrected chi connectivity index (χ3v) is 7.81. The van der Waals surface area contributed by atoms with E-state index in [2.05, 4.69) is 10.3 Å². The van der Waals surface area contributed by atoms with E-state index in [0.29, 0.717) is 84.4 Å². The van der Waals surface area contributed by atoms with Gasteiger partial charge >= 0.3 is 6.18 Å². The minimum Gasteiger partial charge on any atom is -0.491 e. The fraction of sp³-hybridized carbons (Fsp3) is 0.526. The molecule has 53 heavy (non-hydrogen) atoms. The predicted octanol–water partition coefficient (Wildman–Crippen LogP) is 5.38. The molecule has 1 aromatic heterocycles. The van der Waals surface area contributed by atoms with E-state index in [1.54, 1.807) is 12.1 Å². The van der Waals surface area contributed by atoms with Gasteiger partial charge in [0.15, 0.2) is 5.60 Å². The largest absolute Gasteiger partial charge is 0.491 e. The molecule has 2 aromatic carbocycles. The number of ether oxygens (including phenoxy) is 7. The van der Waals surface area contributed by atoms with Crippen molar-refractivity contribution in [2.75, 3.05) is 79.3 Å². The highest BCUT2D eigenvalue weighted by Gasteiger charge is 2.35. The number of aliphatic hydroxyl groups is 1. The van der Waals surface area contributed by atoms with Gasteiger partial charge in [0.1, 0.15) is 18.2 Å². The molecular weight excluding hydrogens is 704 g/mol. The van der Waals surface area contributed by atoms with Gasteiger partial charge in [0.25, 0.3) is 5.91 Å². The molecule has 0 saturated heterocycles. The van der Waals surface area contributed by atoms with Gasteiger partial charge < -0.3 is 43.6 Å². The highest BCUT2D eigenvalue weighted by molar-refractivity contribution is 5.85. The number of carbonyl (C=O) groups is 1. The Kier molecular flexibility index (Phi) is 18.9. The van der Waals surface area contributed by atoms with Gasteiger partial charge in [-0.3, -0.25) is 4.79 Å². The number of amides is 1. The highest BCUT2D eigenvalue weighted by Crippen LogP contribution is 2.31. The van der Waals surface area contributed by atoms with E-state index in [1.807, 2.05) is 31.2 Å². The number of aromatic nitrogens is 1. The van der Waals surface area contributed by atoms with Crippen molar-refractivity contribution < 1.29 is 60.6 Å². The van der Waals surface area contributed by atoms with E-state index < -0.39 is 29.3 Å². The number of carbonyl (C=O) groups excluding carboxylic acids is 1. The second-order valence-corrected chi connectivity index (χ2v) is 12.4. The number of benzene rings is 2. The van der Waals surface area contributed by atoms with Crippen LogP contribution in [0.25, 0.3) is 0 Å². The molecule has 2 unspecified atom stereocenters. The summed E-state index contributed by atoms with van der Waals surface area (Å²) in [5.74, 6) is -0.678. The van der Waals surface area contributed by atoms with Crippen LogP contribution in [0.1, 0.15) is 43.4 Å². The minimum atomic E-state index is -4.55. The number of rotatable bonds is 26. The number of pyridine rings is 1. The highest BCUT2D eigenvalue weighted by atomic mass is 19.4. The van der Waals surface area contributed by atoms with Crippen molar-refractivity contribution in [2.24, 2.45) is 0 Å². The summed E-state index contributed by atoms with van der Waals surface area (Å²) in [6, 6.07) is 15.0. The Labute approximate surface area is 307 Å². The van der Waals surface area contributed by atoms with Gasteiger partial charge in [0.2, 0.25) is 5.88 Å². The Balaban J connectivity index is 1.47. The standard InChI is InChI=1S/C38H50F4N2O9/c1-28(44-36(46)37(2,3)53-35-12-9-31(27-43-35)38(40,41)42)34(25-29-7-10-32(39)11-8-29)30-5-4-6-33(26-30)52-24-23-51-22-21-50-20-19-49-18-17-48-16-15-47-14-13-45/h4-12,26-28,34,45H,13-25H2,1-3H3,(H,44,46). The molecule has 0 aliphatic heterocycles. The molecular formula is C38H50F4N2O9. The lowest BCUT2D eigenvalue weighted by molar-refractivity contribution is -0.138. The van der Waals surface area contributed by atoms with Crippen molar-refractivity contribution in [1.82, 2.24) is 10.3 Å². The molecule has 0 aliphatic rings. The van der Waals surface area contributed by atoms with E-state index in [9.17, 15) is 22.4 Å². The molecule has 3 aromatic rings. The lowest BCUT2D eigenvalue weighted by atomic mass is 9.86. The van der Waals surface area contributed by atoms with E-state index in [1.165, 1.54) is 26.0 Å². The number of hydrogen-bond acceptors (Lipinski definition) is 10. The van der Waals surface area contributed by atoms with Crippen LogP contribution in [0.2, 0.25) is 0 Å². The first-order valence-corrected chi connectivity index (χ1v) is 17.4. The molecule has 2 atom stereocenters. The molecule has 0 spiro atoms. The van der Waals surface area contributed by atoms with E-state index in [-0.39, 0.29) is 30.8 Å². The summed E-state index contributed by atoms with van der Waals surface area (Å²) in [5, 5.41) is 11.6. The first kappa shape index (κ1) is 43.5. The lowest BCUT2D eigenvalue weighted by Crippen LogP contribution is -2.51. The van der Waals surface area contributed by atoms with Crippen LogP contribution in [0.5, 0.6) is 11.6 Å². The van der Waals surface area contributed by atoms with Crippen LogP contribution in [0.4, 0.5) is 17.6 Å². The SMILES string of the molecule is CC(NC(=O)C(C)(C)Oc1ccc(C(F)(F)F)cn1)C(Cc1ccc(F)cc1)c1cccc(OCCOCCOCCOCCOCCOCCO)c1. The summed E-state index contributed by atoms with van der Waals surface area (Å²) in [5.41, 5.74) is -0.693. The Bertz CT molecular complexity index is 1460. The number of aliphatic hydroxyl groups excluding tert-OH is 1. The molecule has 294 valence electrons. The van der Waals surface area contributed by atoms with Gasteiger partial charge in [-0.25, -0.2) is 9.37 Å². The lowest BCUT2D eigenvalue weighted by Gasteiger charge is -2.31. The first-order chi connectivity index (χ1) is 25.4. The number of nitrogens with zero attached hydrogens (tertiary/aromatic N) is 1. The van der Waals surface area contributed by atoms with Crippen LogP contribution in [0.15, 0.2) is 66.9 Å². The summed E-state index contributed by atoms with van der Waals surface area (Å²) >= 11 is 0. The fourth-order valence-corrected chi connectivity index (χ4v) is 4.95. The third-order valence-electron chi connectivity index (χ3n) is 7.81. The summed E-state index contributed by atoms with van der Waals surface area (Å²) in [4.78, 5) is 17.2. The zero-order chi connectivity index (χ0) is 38.5. The molecule has 0 saturated carbocycles. The Morgan fingerprint density at radius 3 is 1.89 bits per heavy atom. The minimum absolute atomic E-state index is 0.00944. The molecule has 3 rings (SSSR count). The normalized spacial score (nSPS) is 13.1. The smallest absolute Gasteiger partial charge is 0.417 e. The van der Waals surface area contributed by atoms with Crippen LogP contribution < -0.4 is 14.8 Å². The monoisotopic (exact) mass is 754 g/mol. The Hall–Kier alpha value is -3.86. The molecule has 15 heteroatoms.